The molecule has 0 saturated heterocycles. The van der Waals surface area contributed by atoms with E-state index in [0.717, 1.165) is 148 Å². The monoisotopic (exact) mass is 1340 g/mol. The van der Waals surface area contributed by atoms with E-state index in [-0.39, 0.29) is 38.6 Å². The zero-order valence-electron chi connectivity index (χ0n) is 62.4. The first kappa shape index (κ1) is 91.1. The number of carbonyl (C=O) groups excluding carboxylic acids is 2. The second kappa shape index (κ2) is 75.9. The van der Waals surface area contributed by atoms with Crippen LogP contribution in [0.1, 0.15) is 284 Å². The number of carboxylic acids is 1. The van der Waals surface area contributed by atoms with E-state index in [4.69, 9.17) is 18.9 Å². The maximum Gasteiger partial charge on any atom is 0.361 e. The van der Waals surface area contributed by atoms with Crippen LogP contribution in [0, 0.1) is 0 Å². The fourth-order valence-electron chi connectivity index (χ4n) is 10.0. The largest absolute Gasteiger partial charge is 0.477 e. The number of carbonyl (C=O) groups is 3. The number of allylic oxidation sites excluding steroid dienone is 32. The predicted octanol–water partition coefficient (Wildman–Crippen LogP) is 24.9. The van der Waals surface area contributed by atoms with Crippen molar-refractivity contribution >= 4 is 17.9 Å². The molecule has 0 aromatic heterocycles. The molecule has 0 aliphatic heterocycles. The van der Waals surface area contributed by atoms with Crippen molar-refractivity contribution in [1.29, 1.82) is 0 Å². The van der Waals surface area contributed by atoms with Gasteiger partial charge in [-0.15, -0.1) is 0 Å². The van der Waals surface area contributed by atoms with Crippen molar-refractivity contribution in [3.05, 3.63) is 194 Å². The minimum Gasteiger partial charge on any atom is -0.477 e. The molecule has 0 bridgehead atoms. The molecule has 0 amide bonds. The van der Waals surface area contributed by atoms with Gasteiger partial charge in [-0.05, 0) is 141 Å². The van der Waals surface area contributed by atoms with Gasteiger partial charge in [0.2, 0.25) is 0 Å². The van der Waals surface area contributed by atoms with Crippen molar-refractivity contribution in [2.75, 3.05) is 47.5 Å². The summed E-state index contributed by atoms with van der Waals surface area (Å²) < 4.78 is 23.0. The van der Waals surface area contributed by atoms with E-state index in [1.54, 1.807) is 0 Å². The Morgan fingerprint density at radius 1 is 0.309 bits per heavy atom. The number of hydrogen-bond acceptors (Lipinski definition) is 7. The van der Waals surface area contributed by atoms with Crippen molar-refractivity contribution < 1.29 is 42.9 Å². The molecule has 0 aliphatic rings. The summed E-state index contributed by atoms with van der Waals surface area (Å²) in [6, 6.07) is 0. The van der Waals surface area contributed by atoms with Gasteiger partial charge in [-0.2, -0.15) is 0 Å². The second-order valence-corrected chi connectivity index (χ2v) is 26.2. The van der Waals surface area contributed by atoms with Gasteiger partial charge in [-0.1, -0.05) is 324 Å². The molecule has 2 unspecified atom stereocenters. The van der Waals surface area contributed by atoms with Crippen LogP contribution in [0.5, 0.6) is 0 Å². The average molecular weight is 1340 g/mol. The fourth-order valence-corrected chi connectivity index (χ4v) is 10.0. The molecule has 0 aromatic carbocycles. The van der Waals surface area contributed by atoms with Crippen LogP contribution < -0.4 is 0 Å². The Kier molecular flexibility index (Phi) is 71.3. The van der Waals surface area contributed by atoms with Crippen LogP contribution in [-0.4, -0.2) is 87.4 Å². The molecule has 1 N–H and O–H groups in total. The van der Waals surface area contributed by atoms with Gasteiger partial charge in [0.25, 0.3) is 6.29 Å². The standard InChI is InChI=1S/C88H141NO8/c1-6-8-10-12-14-16-18-20-22-24-26-28-30-32-34-36-38-39-40-41-42-43-44-45-46-47-49-51-53-55-57-59-61-63-65-67-69-71-73-75-77-79-86(91)97-84(83-96-88(87(92)93)94-81-80-89(3,4)5)82-95-85(90)78-76-74-72-70-68-66-64-62-60-58-56-54-52-50-48-37-35-33-31-29-27-25-23-21-19-17-15-13-11-9-7-2/h8-11,14-17,20-23,26-29,32,34,38-39,41-42,44-45,47,49,53,55,59,61,65,67,84,88H,6-7,12-13,18-19,24-25,30-31,33,35-37,40,43,46,48,50-52,54,56-58,60,62-64,66,68-83H2,1-5H3/p+1/b10-8-,11-9-,16-14-,17-15-,22-20-,23-21-,28-26-,29-27-,34-32-,39-38-,42-41-,45-44-,49-47-,55-53-,61-59-,67-65-. The summed E-state index contributed by atoms with van der Waals surface area (Å²) >= 11 is 0. The maximum absolute atomic E-state index is 13.0. The molecule has 0 aromatic rings. The summed E-state index contributed by atoms with van der Waals surface area (Å²) in [7, 11) is 5.96. The third kappa shape index (κ3) is 77.4. The Balaban J connectivity index is 4.19. The van der Waals surface area contributed by atoms with Crippen LogP contribution in [0.2, 0.25) is 0 Å². The molecule has 0 fully saturated rings. The third-order valence-corrected chi connectivity index (χ3v) is 15.8. The van der Waals surface area contributed by atoms with Crippen LogP contribution in [0.3, 0.4) is 0 Å². The van der Waals surface area contributed by atoms with Crippen molar-refractivity contribution in [2.24, 2.45) is 0 Å². The van der Waals surface area contributed by atoms with Crippen LogP contribution in [-0.2, 0) is 33.3 Å². The van der Waals surface area contributed by atoms with Crippen molar-refractivity contribution in [3.63, 3.8) is 0 Å². The summed E-state index contributed by atoms with van der Waals surface area (Å²) in [6.45, 7) is 4.62. The number of quaternary nitrogens is 1. The van der Waals surface area contributed by atoms with Crippen LogP contribution in [0.15, 0.2) is 194 Å². The first-order chi connectivity index (χ1) is 47.6. The molecule has 0 saturated carbocycles. The SMILES string of the molecule is CC/C=C\C/C=C\C/C=C\C/C=C\C/C=C\C/C=C\C/C=C\C/C=C\C/C=C\C/C=C\C/C=C\C/C=C\CCCCCCC(=O)OC(COC(=O)CCCCCCCCCCCCCCCCCCCC/C=C\C/C=C\C/C=C\C/C=C\CC)COC(OCC[N+](C)(C)C)C(=O)O. The minimum atomic E-state index is -1.53. The number of aliphatic carboxylic acids is 1. The van der Waals surface area contributed by atoms with Crippen molar-refractivity contribution in [1.82, 2.24) is 0 Å². The number of hydrogen-bond donors (Lipinski definition) is 1. The molecule has 9 nitrogen and oxygen atoms in total. The summed E-state index contributed by atoms with van der Waals surface area (Å²) in [5.41, 5.74) is 0. The topological polar surface area (TPSA) is 108 Å². The highest BCUT2D eigenvalue weighted by atomic mass is 16.7. The molecule has 546 valence electrons. The van der Waals surface area contributed by atoms with Gasteiger partial charge in [-0.3, -0.25) is 9.59 Å². The van der Waals surface area contributed by atoms with Crippen LogP contribution in [0.25, 0.3) is 0 Å². The Labute approximate surface area is 595 Å². The normalized spacial score (nSPS) is 13.8. The highest BCUT2D eigenvalue weighted by Crippen LogP contribution is 2.17. The van der Waals surface area contributed by atoms with E-state index in [1.165, 1.54) is 103 Å². The highest BCUT2D eigenvalue weighted by Gasteiger charge is 2.25. The Bertz CT molecular complexity index is 2310. The number of carboxylic acid groups (broad SMARTS) is 1. The summed E-state index contributed by atoms with van der Waals surface area (Å²) in [6.07, 6.45) is 114. The van der Waals surface area contributed by atoms with E-state index < -0.39 is 24.3 Å². The van der Waals surface area contributed by atoms with Gasteiger partial charge in [0, 0.05) is 12.8 Å². The van der Waals surface area contributed by atoms with Gasteiger partial charge in [0.1, 0.15) is 13.2 Å². The smallest absolute Gasteiger partial charge is 0.361 e. The third-order valence-electron chi connectivity index (χ3n) is 15.8. The molecule has 0 aliphatic carbocycles. The van der Waals surface area contributed by atoms with E-state index in [1.807, 2.05) is 21.1 Å². The zero-order valence-corrected chi connectivity index (χ0v) is 62.4. The lowest BCUT2D eigenvalue weighted by atomic mass is 10.0. The van der Waals surface area contributed by atoms with Crippen LogP contribution in [0.4, 0.5) is 0 Å². The number of ether oxygens (including phenoxy) is 4. The van der Waals surface area contributed by atoms with Crippen molar-refractivity contribution in [3.8, 4) is 0 Å². The zero-order chi connectivity index (χ0) is 70.4. The predicted molar refractivity (Wildman–Crippen MR) is 419 cm³/mol. The molecular weight excluding hydrogens is 1200 g/mol. The molecule has 2 atom stereocenters. The highest BCUT2D eigenvalue weighted by molar-refractivity contribution is 5.71. The summed E-state index contributed by atoms with van der Waals surface area (Å²) in [4.78, 5) is 37.7. The molecule has 97 heavy (non-hydrogen) atoms. The minimum absolute atomic E-state index is 0.173. The second-order valence-electron chi connectivity index (χ2n) is 26.2. The lowest BCUT2D eigenvalue weighted by Crippen LogP contribution is -2.40. The molecule has 9 heteroatoms. The maximum atomic E-state index is 13.0. The van der Waals surface area contributed by atoms with Gasteiger partial charge in [0.15, 0.2) is 6.10 Å². The summed E-state index contributed by atoms with van der Waals surface area (Å²) in [5.74, 6) is -2.05. The lowest BCUT2D eigenvalue weighted by Gasteiger charge is -2.25. The molecule has 0 rings (SSSR count). The molecule has 0 heterocycles. The van der Waals surface area contributed by atoms with Gasteiger partial charge >= 0.3 is 17.9 Å². The number of nitrogens with zero attached hydrogens (tertiary/aromatic N) is 1. The number of likely N-dealkylation sites (N-methyl/N-ethyl adjacent to an activating group) is 1. The Morgan fingerprint density at radius 3 is 0.825 bits per heavy atom. The Morgan fingerprint density at radius 2 is 0.557 bits per heavy atom. The number of unbranched alkanes of at least 4 members (excludes halogenated alkanes) is 22. The first-order valence-electron chi connectivity index (χ1n) is 38.6. The molecule has 0 radical (unpaired) electrons. The van der Waals surface area contributed by atoms with E-state index >= 15 is 0 Å². The number of esters is 2. The van der Waals surface area contributed by atoms with Gasteiger partial charge in [0.05, 0.1) is 34.4 Å². The fraction of sp³-hybridized carbons (Fsp3) is 0.602. The Hall–Kier alpha value is -5.87. The summed E-state index contributed by atoms with van der Waals surface area (Å²) in [5, 5.41) is 9.77. The van der Waals surface area contributed by atoms with E-state index in [0.29, 0.717) is 17.4 Å². The van der Waals surface area contributed by atoms with Crippen LogP contribution >= 0.6 is 0 Å². The quantitative estimate of drug-likeness (QED) is 0.0211. The average Bonchev–Trinajstić information content (AvgIpc) is 3.27. The van der Waals surface area contributed by atoms with Gasteiger partial charge in [-0.25, -0.2) is 4.79 Å². The molecule has 0 spiro atoms. The van der Waals surface area contributed by atoms with E-state index in [9.17, 15) is 19.5 Å². The van der Waals surface area contributed by atoms with Crippen molar-refractivity contribution in [2.45, 2.75) is 296 Å². The molecular formula is C88H142NO8+. The van der Waals surface area contributed by atoms with E-state index in [2.05, 4.69) is 208 Å². The van der Waals surface area contributed by atoms with Gasteiger partial charge < -0.3 is 28.5 Å². The number of rotatable bonds is 69. The first-order valence-corrected chi connectivity index (χ1v) is 38.6. The lowest BCUT2D eigenvalue weighted by molar-refractivity contribution is -0.870.